The van der Waals surface area contributed by atoms with Crippen LogP contribution in [0.25, 0.3) is 0 Å². The molecule has 0 amide bonds. The summed E-state index contributed by atoms with van der Waals surface area (Å²) in [6.45, 7) is 2.26. The van der Waals surface area contributed by atoms with E-state index in [0.717, 1.165) is 12.8 Å². The first-order valence-electron chi connectivity index (χ1n) is 8.56. The normalized spacial score (nSPS) is 26.9. The van der Waals surface area contributed by atoms with E-state index in [1.807, 2.05) is 0 Å². The molecule has 24 heavy (non-hydrogen) atoms. The maximum Gasteiger partial charge on any atom is 0.341 e. The summed E-state index contributed by atoms with van der Waals surface area (Å²) >= 11 is 0. The first-order chi connectivity index (χ1) is 11.5. The Kier molecular flexibility index (Phi) is 4.94. The lowest BCUT2D eigenvalue weighted by Crippen LogP contribution is -2.42. The molecule has 3 unspecified atom stereocenters. The number of esters is 2. The van der Waals surface area contributed by atoms with Gasteiger partial charge in [0.1, 0.15) is 23.1 Å². The van der Waals surface area contributed by atoms with Gasteiger partial charge in [-0.2, -0.15) is 0 Å². The summed E-state index contributed by atoms with van der Waals surface area (Å²) in [4.78, 5) is 26.2. The highest BCUT2D eigenvalue weighted by Crippen LogP contribution is 2.41. The van der Waals surface area contributed by atoms with E-state index < -0.39 is 5.97 Å². The predicted molar refractivity (Wildman–Crippen MR) is 86.5 cm³/mol. The topological polar surface area (TPSA) is 69.0 Å². The fourth-order valence-corrected chi connectivity index (χ4v) is 4.26. The van der Waals surface area contributed by atoms with Crippen molar-refractivity contribution >= 4 is 11.9 Å². The average molecular weight is 335 g/mol. The Hall–Kier alpha value is -1.82. The third kappa shape index (κ3) is 3.07. The lowest BCUT2D eigenvalue weighted by atomic mass is 9.85. The van der Waals surface area contributed by atoms with E-state index >= 15 is 0 Å². The van der Waals surface area contributed by atoms with Crippen LogP contribution >= 0.6 is 0 Å². The Morgan fingerprint density at radius 2 is 2.00 bits per heavy atom. The van der Waals surface area contributed by atoms with E-state index in [9.17, 15) is 9.59 Å². The van der Waals surface area contributed by atoms with Gasteiger partial charge in [0, 0.05) is 6.04 Å². The number of rotatable bonds is 4. The van der Waals surface area contributed by atoms with Gasteiger partial charge in [0.05, 0.1) is 20.8 Å². The van der Waals surface area contributed by atoms with Gasteiger partial charge in [0.15, 0.2) is 0 Å². The SMILES string of the molecule is COC(=O)c1cc(CN2C(C(=O)OC)CC3CCCCC32)oc1C. The molecule has 2 fully saturated rings. The van der Waals surface area contributed by atoms with Gasteiger partial charge >= 0.3 is 11.9 Å². The number of hydrogen-bond acceptors (Lipinski definition) is 6. The smallest absolute Gasteiger partial charge is 0.341 e. The minimum Gasteiger partial charge on any atom is -0.468 e. The molecule has 0 spiro atoms. The predicted octanol–water partition coefficient (Wildman–Crippen LogP) is 2.68. The standard InChI is InChI=1S/C18H25NO5/c1-11-14(17(20)22-2)9-13(24-11)10-19-15-7-5-4-6-12(15)8-16(19)18(21)23-3/h9,12,15-16H,4-8,10H2,1-3H3. The van der Waals surface area contributed by atoms with Crippen LogP contribution in [0.15, 0.2) is 10.5 Å². The van der Waals surface area contributed by atoms with Gasteiger partial charge < -0.3 is 13.9 Å². The zero-order valence-electron chi connectivity index (χ0n) is 14.5. The lowest BCUT2D eigenvalue weighted by molar-refractivity contribution is -0.146. The number of methoxy groups -OCH3 is 2. The lowest BCUT2D eigenvalue weighted by Gasteiger charge is -2.32. The first kappa shape index (κ1) is 17.0. The van der Waals surface area contributed by atoms with Gasteiger partial charge in [-0.15, -0.1) is 0 Å². The third-order valence-corrected chi connectivity index (χ3v) is 5.41. The second kappa shape index (κ2) is 6.97. The Bertz CT molecular complexity index is 623. The van der Waals surface area contributed by atoms with Crippen LogP contribution in [0.4, 0.5) is 0 Å². The molecule has 0 aromatic carbocycles. The number of carbonyl (C=O) groups is 2. The highest BCUT2D eigenvalue weighted by molar-refractivity contribution is 5.90. The third-order valence-electron chi connectivity index (χ3n) is 5.41. The van der Waals surface area contributed by atoms with Crippen LogP contribution in [0.3, 0.4) is 0 Å². The molecule has 0 N–H and O–H groups in total. The van der Waals surface area contributed by atoms with Crippen LogP contribution in [0.2, 0.25) is 0 Å². The van der Waals surface area contributed by atoms with Crippen molar-refractivity contribution in [2.45, 2.75) is 57.7 Å². The van der Waals surface area contributed by atoms with Crippen molar-refractivity contribution in [2.75, 3.05) is 14.2 Å². The van der Waals surface area contributed by atoms with Crippen molar-refractivity contribution in [1.82, 2.24) is 4.90 Å². The van der Waals surface area contributed by atoms with Crippen molar-refractivity contribution in [1.29, 1.82) is 0 Å². The van der Waals surface area contributed by atoms with E-state index in [-0.39, 0.29) is 12.0 Å². The van der Waals surface area contributed by atoms with E-state index in [1.54, 1.807) is 13.0 Å². The van der Waals surface area contributed by atoms with Crippen LogP contribution in [-0.2, 0) is 20.8 Å². The number of aryl methyl sites for hydroxylation is 1. The highest BCUT2D eigenvalue weighted by atomic mass is 16.5. The first-order valence-corrected chi connectivity index (χ1v) is 8.56. The van der Waals surface area contributed by atoms with Gasteiger partial charge in [-0.1, -0.05) is 12.8 Å². The summed E-state index contributed by atoms with van der Waals surface area (Å²) in [5.41, 5.74) is 0.446. The number of fused-ring (bicyclic) bond motifs is 1. The largest absolute Gasteiger partial charge is 0.468 e. The molecule has 2 aliphatic rings. The van der Waals surface area contributed by atoms with Crippen LogP contribution < -0.4 is 0 Å². The molecule has 1 aromatic rings. The zero-order chi connectivity index (χ0) is 17.3. The molecule has 6 heteroatoms. The minimum absolute atomic E-state index is 0.180. The fraction of sp³-hybridized carbons (Fsp3) is 0.667. The molecule has 1 aliphatic heterocycles. The minimum atomic E-state index is -0.399. The summed E-state index contributed by atoms with van der Waals surface area (Å²) in [6.07, 6.45) is 5.53. The maximum atomic E-state index is 12.2. The van der Waals surface area contributed by atoms with Gasteiger partial charge in [0.2, 0.25) is 0 Å². The fourth-order valence-electron chi connectivity index (χ4n) is 4.26. The summed E-state index contributed by atoms with van der Waals surface area (Å²) in [5.74, 6) is 1.20. The van der Waals surface area contributed by atoms with Crippen LogP contribution in [-0.4, -0.2) is 43.1 Å². The Morgan fingerprint density at radius 1 is 1.25 bits per heavy atom. The molecule has 0 radical (unpaired) electrons. The summed E-state index contributed by atoms with van der Waals surface area (Å²) in [7, 11) is 2.80. The molecule has 1 saturated carbocycles. The van der Waals surface area contributed by atoms with E-state index in [0.29, 0.717) is 35.6 Å². The second-order valence-corrected chi connectivity index (χ2v) is 6.73. The molecule has 132 valence electrons. The number of nitrogens with zero attached hydrogens (tertiary/aromatic N) is 1. The van der Waals surface area contributed by atoms with Crippen molar-refractivity contribution in [3.05, 3.63) is 23.2 Å². The van der Waals surface area contributed by atoms with Crippen molar-refractivity contribution in [3.63, 3.8) is 0 Å². The van der Waals surface area contributed by atoms with Crippen molar-refractivity contribution < 1.29 is 23.5 Å². The number of likely N-dealkylation sites (tertiary alicyclic amines) is 1. The second-order valence-electron chi connectivity index (χ2n) is 6.73. The van der Waals surface area contributed by atoms with Crippen LogP contribution in [0.1, 0.15) is 54.0 Å². The quantitative estimate of drug-likeness (QED) is 0.788. The molecule has 1 saturated heterocycles. The summed E-state index contributed by atoms with van der Waals surface area (Å²) in [5, 5.41) is 0. The van der Waals surface area contributed by atoms with Crippen LogP contribution in [0, 0.1) is 12.8 Å². The Labute approximate surface area is 142 Å². The molecular formula is C18H25NO5. The number of hydrogen-bond donors (Lipinski definition) is 0. The highest BCUT2D eigenvalue weighted by Gasteiger charge is 2.45. The van der Waals surface area contributed by atoms with Gasteiger partial charge in [-0.05, 0) is 38.2 Å². The maximum absolute atomic E-state index is 12.2. The van der Waals surface area contributed by atoms with E-state index in [1.165, 1.54) is 33.5 Å². The zero-order valence-corrected chi connectivity index (χ0v) is 14.5. The molecule has 1 aromatic heterocycles. The molecular weight excluding hydrogens is 310 g/mol. The number of furan rings is 1. The molecule has 6 nitrogen and oxygen atoms in total. The monoisotopic (exact) mass is 335 g/mol. The van der Waals surface area contributed by atoms with Gasteiger partial charge in [-0.25, -0.2) is 4.79 Å². The average Bonchev–Trinajstić information content (AvgIpc) is 3.15. The van der Waals surface area contributed by atoms with Gasteiger partial charge in [0.25, 0.3) is 0 Å². The Balaban J connectivity index is 1.82. The molecule has 2 heterocycles. The van der Waals surface area contributed by atoms with Crippen molar-refractivity contribution in [3.8, 4) is 0 Å². The van der Waals surface area contributed by atoms with Crippen LogP contribution in [0.5, 0.6) is 0 Å². The van der Waals surface area contributed by atoms with E-state index in [2.05, 4.69) is 4.90 Å². The molecule has 3 atom stereocenters. The number of ether oxygens (including phenoxy) is 2. The van der Waals surface area contributed by atoms with E-state index in [4.69, 9.17) is 13.9 Å². The van der Waals surface area contributed by atoms with Gasteiger partial charge in [-0.3, -0.25) is 9.69 Å². The van der Waals surface area contributed by atoms with Crippen molar-refractivity contribution in [2.24, 2.45) is 5.92 Å². The molecule has 3 rings (SSSR count). The molecule has 1 aliphatic carbocycles. The number of carbonyl (C=O) groups excluding carboxylic acids is 2. The molecule has 0 bridgehead atoms. The summed E-state index contributed by atoms with van der Waals surface area (Å²) in [6, 6.07) is 1.89. The summed E-state index contributed by atoms with van der Waals surface area (Å²) < 4.78 is 15.5. The Morgan fingerprint density at radius 3 is 2.71 bits per heavy atom.